The second-order valence-electron chi connectivity index (χ2n) is 14.7. The highest BCUT2D eigenvalue weighted by Gasteiger charge is 2.51. The average Bonchev–Trinajstić information content (AvgIpc) is 3.59. The van der Waals surface area contributed by atoms with Gasteiger partial charge in [0.1, 0.15) is 11.5 Å². The molecule has 1 aromatic heterocycles. The third kappa shape index (κ3) is 5.27. The number of hydrogen-bond donors (Lipinski definition) is 0. The van der Waals surface area contributed by atoms with Crippen LogP contribution in [0.25, 0.3) is 67.5 Å². The summed E-state index contributed by atoms with van der Waals surface area (Å²) < 4.78 is 6.55. The van der Waals surface area contributed by atoms with Crippen LogP contribution in [-0.4, -0.2) is 15.0 Å². The van der Waals surface area contributed by atoms with Gasteiger partial charge in [-0.1, -0.05) is 158 Å². The third-order valence-electron chi connectivity index (χ3n) is 11.4. The average molecular weight is 741 g/mol. The fourth-order valence-electron chi connectivity index (χ4n) is 8.80. The van der Waals surface area contributed by atoms with Crippen LogP contribution >= 0.6 is 0 Å². The van der Waals surface area contributed by atoms with Gasteiger partial charge in [0, 0.05) is 27.8 Å². The molecule has 9 aromatic rings. The first-order valence-corrected chi connectivity index (χ1v) is 19.3. The molecule has 270 valence electrons. The molecule has 11 rings (SSSR count). The molecule has 0 atom stereocenters. The molecule has 0 unspecified atom stereocenters. The van der Waals surface area contributed by atoms with Gasteiger partial charge in [-0.15, -0.1) is 0 Å². The van der Waals surface area contributed by atoms with E-state index in [4.69, 9.17) is 19.7 Å². The molecule has 0 saturated heterocycles. The largest absolute Gasteiger partial charge is 0.457 e. The van der Waals surface area contributed by atoms with Crippen LogP contribution in [0.5, 0.6) is 11.5 Å². The Morgan fingerprint density at radius 2 is 0.845 bits per heavy atom. The quantitative estimate of drug-likeness (QED) is 0.176. The van der Waals surface area contributed by atoms with Crippen LogP contribution in [0.2, 0.25) is 0 Å². The number of nitriles is 1. The highest BCUT2D eigenvalue weighted by molar-refractivity contribution is 5.90. The first-order chi connectivity index (χ1) is 28.7. The summed E-state index contributed by atoms with van der Waals surface area (Å²) in [6, 6.07) is 69.1. The van der Waals surface area contributed by atoms with Gasteiger partial charge in [-0.3, -0.25) is 0 Å². The molecule has 58 heavy (non-hydrogen) atoms. The summed E-state index contributed by atoms with van der Waals surface area (Å²) in [6.45, 7) is 0. The van der Waals surface area contributed by atoms with Crippen molar-refractivity contribution < 1.29 is 4.74 Å². The monoisotopic (exact) mass is 740 g/mol. The van der Waals surface area contributed by atoms with E-state index in [-0.39, 0.29) is 0 Å². The Hall–Kier alpha value is -7.94. The van der Waals surface area contributed by atoms with Crippen molar-refractivity contribution in [2.75, 3.05) is 0 Å². The summed E-state index contributed by atoms with van der Waals surface area (Å²) in [6.07, 6.45) is 0. The van der Waals surface area contributed by atoms with Gasteiger partial charge in [-0.2, -0.15) is 5.26 Å². The topological polar surface area (TPSA) is 71.7 Å². The number of para-hydroxylation sites is 2. The molecule has 1 aliphatic carbocycles. The third-order valence-corrected chi connectivity index (χ3v) is 11.4. The van der Waals surface area contributed by atoms with Crippen LogP contribution in [0, 0.1) is 11.3 Å². The molecule has 8 aromatic carbocycles. The van der Waals surface area contributed by atoms with Gasteiger partial charge in [0.15, 0.2) is 17.5 Å². The van der Waals surface area contributed by atoms with Crippen molar-refractivity contribution in [3.8, 4) is 85.1 Å². The van der Waals surface area contributed by atoms with Crippen LogP contribution < -0.4 is 4.74 Å². The lowest BCUT2D eigenvalue weighted by molar-refractivity contribution is 0.436. The molecular formula is C53H32N4O. The number of aromatic nitrogens is 3. The summed E-state index contributed by atoms with van der Waals surface area (Å²) >= 11 is 0. The summed E-state index contributed by atoms with van der Waals surface area (Å²) in [7, 11) is 0. The van der Waals surface area contributed by atoms with E-state index in [2.05, 4.69) is 115 Å². The van der Waals surface area contributed by atoms with E-state index in [1.54, 1.807) is 0 Å². The molecule has 0 fully saturated rings. The highest BCUT2D eigenvalue weighted by atomic mass is 16.5. The smallest absolute Gasteiger partial charge is 0.164 e. The van der Waals surface area contributed by atoms with E-state index >= 15 is 0 Å². The molecule has 2 aliphatic rings. The number of fused-ring (bicyclic) bond motifs is 9. The Morgan fingerprint density at radius 1 is 0.362 bits per heavy atom. The zero-order chi connectivity index (χ0) is 38.6. The first-order valence-electron chi connectivity index (χ1n) is 19.3. The van der Waals surface area contributed by atoms with Gasteiger partial charge < -0.3 is 4.74 Å². The zero-order valence-electron chi connectivity index (χ0n) is 31.2. The maximum atomic E-state index is 9.51. The van der Waals surface area contributed by atoms with E-state index < -0.39 is 5.41 Å². The molecule has 5 nitrogen and oxygen atoms in total. The highest BCUT2D eigenvalue weighted by Crippen LogP contribution is 2.62. The molecule has 0 saturated carbocycles. The number of nitrogens with zero attached hydrogens (tertiary/aromatic N) is 4. The fourth-order valence-corrected chi connectivity index (χ4v) is 8.80. The number of hydrogen-bond acceptors (Lipinski definition) is 5. The second kappa shape index (κ2) is 13.4. The van der Waals surface area contributed by atoms with E-state index in [0.29, 0.717) is 23.0 Å². The van der Waals surface area contributed by atoms with Gasteiger partial charge in [0.05, 0.1) is 17.0 Å². The zero-order valence-corrected chi connectivity index (χ0v) is 31.2. The van der Waals surface area contributed by atoms with Gasteiger partial charge in [-0.05, 0) is 80.9 Å². The van der Waals surface area contributed by atoms with Gasteiger partial charge in [0.25, 0.3) is 0 Å². The van der Waals surface area contributed by atoms with Crippen molar-refractivity contribution in [3.63, 3.8) is 0 Å². The van der Waals surface area contributed by atoms with Gasteiger partial charge in [0.2, 0.25) is 0 Å². The summed E-state index contributed by atoms with van der Waals surface area (Å²) in [4.78, 5) is 15.0. The minimum Gasteiger partial charge on any atom is -0.457 e. The number of benzene rings is 8. The van der Waals surface area contributed by atoms with E-state index in [1.807, 2.05) is 84.9 Å². The Labute approximate surface area is 336 Å². The molecule has 1 spiro atoms. The van der Waals surface area contributed by atoms with E-state index in [9.17, 15) is 5.26 Å². The maximum Gasteiger partial charge on any atom is 0.164 e. The molecule has 1 aliphatic heterocycles. The Morgan fingerprint density at radius 3 is 1.55 bits per heavy atom. The van der Waals surface area contributed by atoms with Crippen LogP contribution in [-0.2, 0) is 5.41 Å². The Kier molecular flexibility index (Phi) is 7.70. The van der Waals surface area contributed by atoms with Crippen molar-refractivity contribution in [1.82, 2.24) is 15.0 Å². The van der Waals surface area contributed by atoms with Crippen LogP contribution in [0.15, 0.2) is 194 Å². The predicted molar refractivity (Wildman–Crippen MR) is 229 cm³/mol. The van der Waals surface area contributed by atoms with Crippen molar-refractivity contribution in [2.24, 2.45) is 0 Å². The molecule has 0 amide bonds. The number of rotatable bonds is 5. The molecule has 0 radical (unpaired) electrons. The molecule has 0 bridgehead atoms. The summed E-state index contributed by atoms with van der Waals surface area (Å²) in [5.41, 5.74) is 14.2. The van der Waals surface area contributed by atoms with Crippen molar-refractivity contribution in [1.29, 1.82) is 5.26 Å². The minimum absolute atomic E-state index is 0.530. The molecular weight excluding hydrogens is 709 g/mol. The van der Waals surface area contributed by atoms with Crippen molar-refractivity contribution in [3.05, 3.63) is 222 Å². The molecule has 2 heterocycles. The SMILES string of the molecule is N#Cc1cccc(-c2cccc(-c3nc(-c4ccccc4)nc(-c4ccc(-c5ccc6c(c5)C5(c7ccccc7Oc7ccccc75)c5ccccc5-6)cc4)n3)c2)c1. The summed E-state index contributed by atoms with van der Waals surface area (Å²) in [5.74, 6) is 3.52. The molecule has 0 N–H and O–H groups in total. The van der Waals surface area contributed by atoms with Crippen molar-refractivity contribution in [2.45, 2.75) is 5.41 Å². The summed E-state index contributed by atoms with van der Waals surface area (Å²) in [5, 5.41) is 9.51. The lowest BCUT2D eigenvalue weighted by atomic mass is 9.66. The lowest BCUT2D eigenvalue weighted by Crippen LogP contribution is -2.32. The lowest BCUT2D eigenvalue weighted by Gasteiger charge is -2.39. The van der Waals surface area contributed by atoms with Crippen LogP contribution in [0.3, 0.4) is 0 Å². The minimum atomic E-state index is -0.530. The molecule has 5 heteroatoms. The number of ether oxygens (including phenoxy) is 1. The second-order valence-corrected chi connectivity index (χ2v) is 14.7. The standard InChI is InChI=1S/C53H32N4O/c54-33-34-12-10-15-38(30-34)39-16-11-17-41(31-39)52-56-50(36-13-2-1-3-14-36)55-51(57-52)37-26-24-35(25-27-37)40-28-29-43-42-18-4-5-19-44(42)53(47(43)32-40)45-20-6-8-22-48(45)58-49-23-9-7-21-46(49)53/h1-32H. The van der Waals surface area contributed by atoms with E-state index in [0.717, 1.165) is 61.6 Å². The normalized spacial score (nSPS) is 12.7. The first kappa shape index (κ1) is 33.4. The predicted octanol–water partition coefficient (Wildman–Crippen LogP) is 12.5. The fraction of sp³-hybridized carbons (Fsp3) is 0.0189. The van der Waals surface area contributed by atoms with Crippen molar-refractivity contribution >= 4 is 0 Å². The maximum absolute atomic E-state index is 9.51. The van der Waals surface area contributed by atoms with Gasteiger partial charge >= 0.3 is 0 Å². The van der Waals surface area contributed by atoms with Crippen LogP contribution in [0.4, 0.5) is 0 Å². The van der Waals surface area contributed by atoms with E-state index in [1.165, 1.54) is 22.3 Å². The Bertz CT molecular complexity index is 3060. The Balaban J connectivity index is 1.02. The van der Waals surface area contributed by atoms with Crippen LogP contribution in [0.1, 0.15) is 27.8 Å². The van der Waals surface area contributed by atoms with Gasteiger partial charge in [-0.25, -0.2) is 15.0 Å².